The molecular formula is C59H90O23. The fraction of sp³-hybridized carbons (Fsp3) is 0.864. The summed E-state index contributed by atoms with van der Waals surface area (Å²) < 4.78 is 78.2. The predicted molar refractivity (Wildman–Crippen MR) is 283 cm³/mol. The topological polar surface area (TPSA) is 297 Å². The Kier molecular flexibility index (Phi) is 21.6. The number of rotatable bonds is 20. The van der Waals surface area contributed by atoms with Crippen LogP contribution in [0.3, 0.4) is 0 Å². The first-order valence-electron chi connectivity index (χ1n) is 29.5. The first-order valence-corrected chi connectivity index (χ1v) is 29.5. The molecule has 7 fully saturated rings. The van der Waals surface area contributed by atoms with Gasteiger partial charge in [0.25, 0.3) is 0 Å². The van der Waals surface area contributed by atoms with Crippen LogP contribution in [0.2, 0.25) is 0 Å². The molecule has 0 bridgehead atoms. The SMILES string of the molecule is CC(=O)OC[C@H]1O[C@@H](O[C@H]2[C@H](O[C@H]3CC[C@@]4(C)[C@@H](CC[C@@H]5[C@@H]4CC[C@]4(C)[C@@H]([C@H](C)CCCC(C)C)CC[C@@H]54)C3)O[C@H](C(=O)O)[C@@H](O)[C@@H]2O[C@@H]2O[C@@H](C)[C@H](OC(C)=O)[C@@H](OC(C)=O)[C@H]2OC(C)=O)[C@H](OC(C)=O)[C@@H](OC(C)=O)[C@H]1OC(C)=O. The van der Waals surface area contributed by atoms with Gasteiger partial charge < -0.3 is 71.8 Å². The van der Waals surface area contributed by atoms with Crippen molar-refractivity contribution in [3.63, 3.8) is 0 Å². The molecular weight excluding hydrogens is 1080 g/mol. The highest BCUT2D eigenvalue weighted by Gasteiger charge is 2.63. The van der Waals surface area contributed by atoms with Gasteiger partial charge in [-0.15, -0.1) is 0 Å². The lowest BCUT2D eigenvalue weighted by Crippen LogP contribution is -2.69. The molecule has 24 atom stereocenters. The number of aliphatic hydroxyl groups excluding tert-OH is 1. The van der Waals surface area contributed by atoms with E-state index >= 15 is 0 Å². The van der Waals surface area contributed by atoms with E-state index in [0.29, 0.717) is 53.8 Å². The second kappa shape index (κ2) is 27.2. The first kappa shape index (κ1) is 65.0. The van der Waals surface area contributed by atoms with Crippen molar-refractivity contribution in [1.29, 1.82) is 0 Å². The van der Waals surface area contributed by atoms with Gasteiger partial charge in [-0.05, 0) is 117 Å². The van der Waals surface area contributed by atoms with Gasteiger partial charge in [0.05, 0.1) is 12.2 Å². The normalized spacial score (nSPS) is 41.0. The number of hydrogen-bond donors (Lipinski definition) is 2. The quantitative estimate of drug-likeness (QED) is 0.0795. The van der Waals surface area contributed by atoms with Crippen molar-refractivity contribution in [2.24, 2.45) is 52.3 Å². The highest BCUT2D eigenvalue weighted by atomic mass is 16.8. The highest BCUT2D eigenvalue weighted by molar-refractivity contribution is 5.73. The predicted octanol–water partition coefficient (Wildman–Crippen LogP) is 6.06. The Hall–Kier alpha value is -4.52. The van der Waals surface area contributed by atoms with Crippen LogP contribution in [0.5, 0.6) is 0 Å². The van der Waals surface area contributed by atoms with Crippen LogP contribution < -0.4 is 0 Å². The Morgan fingerprint density at radius 1 is 0.537 bits per heavy atom. The van der Waals surface area contributed by atoms with Crippen molar-refractivity contribution >= 4 is 47.8 Å². The molecule has 23 nitrogen and oxygen atoms in total. The van der Waals surface area contributed by atoms with E-state index in [2.05, 4.69) is 34.6 Å². The average molecular weight is 1170 g/mol. The van der Waals surface area contributed by atoms with E-state index in [-0.39, 0.29) is 11.3 Å². The molecule has 4 aliphatic carbocycles. The monoisotopic (exact) mass is 1170 g/mol. The molecule has 3 aliphatic heterocycles. The van der Waals surface area contributed by atoms with Crippen LogP contribution in [0.25, 0.3) is 0 Å². The fourth-order valence-corrected chi connectivity index (χ4v) is 15.7. The summed E-state index contributed by atoms with van der Waals surface area (Å²) in [5.41, 5.74) is 0.261. The van der Waals surface area contributed by atoms with Crippen LogP contribution in [0.4, 0.5) is 0 Å². The van der Waals surface area contributed by atoms with Crippen molar-refractivity contribution in [3.05, 3.63) is 0 Å². The Morgan fingerprint density at radius 3 is 1.62 bits per heavy atom. The van der Waals surface area contributed by atoms with Crippen LogP contribution in [-0.4, -0.2) is 163 Å². The zero-order valence-corrected chi connectivity index (χ0v) is 49.9. The molecule has 0 aromatic rings. The molecule has 7 aliphatic rings. The standard InChI is InChI=1S/C59H90O23/c1-27(2)15-14-16-28(3)40-19-20-41-39-18-17-37-25-38(21-23-58(37,12)42(39)22-24-59(40,41)13)78-56-51(82-57-53(77-36(11)66)50(75-34(9)64)46(73-32(7)62)43(79-57)26-70-30(5)60)47(44(67)48(81-56)54(68)69)80-55-52(76-35(10)65)49(74-33(8)63)45(29(4)71-55)72-31(6)61/h27-29,37-53,55-57,67H,14-26H2,1-13H3,(H,68,69)/t28-,29+,37+,38+,39+,40-,41+,42+,43-,44+,45+,46+,47+,48+,49-,50+,51-,52-,53-,55+,56-,57+,58+,59-/m1/s1. The Morgan fingerprint density at radius 2 is 1.05 bits per heavy atom. The summed E-state index contributed by atoms with van der Waals surface area (Å²) in [6, 6.07) is 0. The zero-order chi connectivity index (χ0) is 60.3. The number of carboxylic acid groups (broad SMARTS) is 1. The molecule has 7 rings (SSSR count). The Bertz CT molecular complexity index is 2290. The fourth-order valence-electron chi connectivity index (χ4n) is 15.7. The minimum Gasteiger partial charge on any atom is -0.479 e. The summed E-state index contributed by atoms with van der Waals surface area (Å²) in [6.07, 6.45) is -14.5. The number of carbonyl (C=O) groups is 8. The van der Waals surface area contributed by atoms with Crippen molar-refractivity contribution in [3.8, 4) is 0 Å². The van der Waals surface area contributed by atoms with Gasteiger partial charge in [0.2, 0.25) is 0 Å². The molecule has 0 aromatic carbocycles. The summed E-state index contributed by atoms with van der Waals surface area (Å²) in [4.78, 5) is 102. The molecule has 0 amide bonds. The first-order chi connectivity index (χ1) is 38.5. The van der Waals surface area contributed by atoms with Gasteiger partial charge in [-0.2, -0.15) is 0 Å². The summed E-state index contributed by atoms with van der Waals surface area (Å²) in [6.45, 7) is 20.3. The molecule has 0 spiro atoms. The lowest BCUT2D eigenvalue weighted by atomic mass is 9.44. The minimum absolute atomic E-state index is 0.0304. The number of aliphatic hydroxyl groups is 1. The van der Waals surface area contributed by atoms with Crippen LogP contribution in [-0.2, 0) is 99.9 Å². The lowest BCUT2D eigenvalue weighted by molar-refractivity contribution is -0.392. The molecule has 3 heterocycles. The maximum atomic E-state index is 13.3. The van der Waals surface area contributed by atoms with Gasteiger partial charge in [0.1, 0.15) is 31.0 Å². The second-order valence-electron chi connectivity index (χ2n) is 25.2. The van der Waals surface area contributed by atoms with Crippen LogP contribution in [0, 0.1) is 52.3 Å². The maximum Gasteiger partial charge on any atom is 0.335 e. The third-order valence-electron chi connectivity index (χ3n) is 19.1. The number of ether oxygens (including phenoxy) is 13. The van der Waals surface area contributed by atoms with Crippen LogP contribution in [0.1, 0.15) is 167 Å². The van der Waals surface area contributed by atoms with E-state index in [4.69, 9.17) is 61.6 Å². The van der Waals surface area contributed by atoms with Gasteiger partial charge in [-0.25, -0.2) is 4.79 Å². The lowest BCUT2D eigenvalue weighted by Gasteiger charge is -2.61. The number of aliphatic carboxylic acids is 1. The van der Waals surface area contributed by atoms with Gasteiger partial charge in [0.15, 0.2) is 61.6 Å². The van der Waals surface area contributed by atoms with Crippen molar-refractivity contribution in [2.75, 3.05) is 6.61 Å². The Balaban J connectivity index is 1.25. The number of carboxylic acids is 1. The van der Waals surface area contributed by atoms with E-state index in [9.17, 15) is 48.6 Å². The molecule has 464 valence electrons. The molecule has 0 unspecified atom stereocenters. The molecule has 4 saturated carbocycles. The summed E-state index contributed by atoms with van der Waals surface area (Å²) in [5.74, 6) is -3.85. The van der Waals surface area contributed by atoms with Gasteiger partial charge >= 0.3 is 47.8 Å². The largest absolute Gasteiger partial charge is 0.479 e. The van der Waals surface area contributed by atoms with E-state index in [1.165, 1.54) is 45.4 Å². The molecule has 82 heavy (non-hydrogen) atoms. The molecule has 2 N–H and O–H groups in total. The van der Waals surface area contributed by atoms with Crippen LogP contribution >= 0.6 is 0 Å². The molecule has 3 saturated heterocycles. The van der Waals surface area contributed by atoms with Crippen molar-refractivity contribution in [2.45, 2.75) is 265 Å². The van der Waals surface area contributed by atoms with Gasteiger partial charge in [-0.3, -0.25) is 33.6 Å². The number of fused-ring (bicyclic) bond motifs is 5. The summed E-state index contributed by atoms with van der Waals surface area (Å²) in [7, 11) is 0. The number of carbonyl (C=O) groups excluding carboxylic acids is 7. The third kappa shape index (κ3) is 14.8. The van der Waals surface area contributed by atoms with Gasteiger partial charge in [-0.1, -0.05) is 53.9 Å². The highest BCUT2D eigenvalue weighted by Crippen LogP contribution is 2.68. The van der Waals surface area contributed by atoms with E-state index in [1.807, 2.05) is 0 Å². The number of hydrogen-bond acceptors (Lipinski definition) is 22. The van der Waals surface area contributed by atoms with Gasteiger partial charge in [0, 0.05) is 48.5 Å². The Labute approximate surface area is 480 Å². The second-order valence-corrected chi connectivity index (χ2v) is 25.2. The molecule has 0 radical (unpaired) electrons. The minimum atomic E-state index is -2.21. The van der Waals surface area contributed by atoms with Crippen molar-refractivity contribution in [1.82, 2.24) is 0 Å². The average Bonchev–Trinajstić information content (AvgIpc) is 2.70. The molecule has 23 heteroatoms. The summed E-state index contributed by atoms with van der Waals surface area (Å²) >= 11 is 0. The molecule has 0 aromatic heterocycles. The van der Waals surface area contributed by atoms with E-state index in [0.717, 1.165) is 74.1 Å². The third-order valence-corrected chi connectivity index (χ3v) is 19.1. The zero-order valence-electron chi connectivity index (χ0n) is 49.9. The summed E-state index contributed by atoms with van der Waals surface area (Å²) in [5, 5.41) is 23.0. The van der Waals surface area contributed by atoms with E-state index in [1.54, 1.807) is 0 Å². The maximum absolute atomic E-state index is 13.3. The van der Waals surface area contributed by atoms with Crippen molar-refractivity contribution < 1.29 is 110 Å². The smallest absolute Gasteiger partial charge is 0.335 e. The van der Waals surface area contributed by atoms with E-state index < -0.39 is 153 Å². The van der Waals surface area contributed by atoms with Crippen LogP contribution in [0.15, 0.2) is 0 Å². The number of esters is 7.